The van der Waals surface area contributed by atoms with Crippen LogP contribution in [0.1, 0.15) is 121 Å². The molecule has 324 valence electrons. The minimum atomic E-state index is -0.628. The number of rotatable bonds is 7. The highest BCUT2D eigenvalue weighted by molar-refractivity contribution is 5.86. The Morgan fingerprint density at radius 2 is 1.14 bits per heavy atom. The van der Waals surface area contributed by atoms with Gasteiger partial charge < -0.3 is 30.3 Å². The van der Waals surface area contributed by atoms with Crippen LogP contribution < -0.4 is 20.5 Å². The molecular weight excluding hydrogens is 795 g/mol. The monoisotopic (exact) mass is 862 g/mol. The maximum Gasteiger partial charge on any atom is 0.334 e. The van der Waals surface area contributed by atoms with Gasteiger partial charge in [0.25, 0.3) is 0 Å². The van der Waals surface area contributed by atoms with Crippen molar-refractivity contribution in [2.75, 3.05) is 27.2 Å². The van der Waals surface area contributed by atoms with Gasteiger partial charge in [-0.25, -0.2) is 9.59 Å². The molecule has 2 aliphatic heterocycles. The van der Waals surface area contributed by atoms with Crippen molar-refractivity contribution in [3.63, 3.8) is 0 Å². The molecule has 4 aliphatic carbocycles. The molecule has 0 radical (unpaired) electrons. The van der Waals surface area contributed by atoms with Crippen molar-refractivity contribution in [3.05, 3.63) is 58.7 Å². The predicted molar refractivity (Wildman–Crippen MR) is 238 cm³/mol. The van der Waals surface area contributed by atoms with Crippen LogP contribution in [-0.4, -0.2) is 79.0 Å². The number of carbonyl (C=O) groups excluding carboxylic acids is 3. The summed E-state index contributed by atoms with van der Waals surface area (Å²) in [5.41, 5.74) is 12.2. The standard InChI is InChI=1S/C24H34N2O3.C22H32N2O2.3ClH/c1-15(2)22(25-16(3)27)23(28)29-18-9-8-17-13-21-19-7-5-6-10-24(19,20(17)14-18)11-12-26(21)4;1-14(2)20(23)21(25)26-16-8-7-15-12-19-17-6-4-5-9-22(17,18(15)13-16)10-11-24(19)3;;;/h8-9,14-15,19,21-22H,5-7,10-13H2,1-4H3,(H,25,27);7-8,13-14,17,19-20H,4-6,9-12,23H2,1-3H3;3*1H/t19-,21+,22?,24+;17-,19+,20?,22+;;;/m00.../s1. The van der Waals surface area contributed by atoms with E-state index in [1.165, 1.54) is 99.9 Å². The van der Waals surface area contributed by atoms with Gasteiger partial charge >= 0.3 is 11.9 Å². The quantitative estimate of drug-likeness (QED) is 0.213. The van der Waals surface area contributed by atoms with Crippen LogP contribution in [0, 0.1) is 23.7 Å². The molecule has 2 aromatic rings. The normalized spacial score (nSPS) is 29.1. The number of carbonyl (C=O) groups is 3. The van der Waals surface area contributed by atoms with E-state index in [-0.39, 0.29) is 77.7 Å². The van der Waals surface area contributed by atoms with E-state index >= 15 is 0 Å². The highest BCUT2D eigenvalue weighted by Gasteiger charge is 2.54. The summed E-state index contributed by atoms with van der Waals surface area (Å²) in [4.78, 5) is 41.7. The maximum atomic E-state index is 12.8. The highest BCUT2D eigenvalue weighted by atomic mass is 35.5. The second-order valence-corrected chi connectivity index (χ2v) is 18.7. The number of nitrogens with one attached hydrogen (secondary N) is 1. The Hall–Kier alpha value is -2.40. The van der Waals surface area contributed by atoms with Crippen molar-refractivity contribution in [3.8, 4) is 11.5 Å². The van der Waals surface area contributed by atoms with Crippen molar-refractivity contribution in [1.29, 1.82) is 0 Å². The lowest BCUT2D eigenvalue weighted by Gasteiger charge is -2.58. The molecule has 2 aromatic carbocycles. The number of likely N-dealkylation sites (tertiary alicyclic amines) is 2. The fraction of sp³-hybridized carbons (Fsp3) is 0.674. The number of hydrogen-bond donors (Lipinski definition) is 2. The lowest BCUT2D eigenvalue weighted by atomic mass is 9.52. The number of nitrogens with zero attached hydrogens (tertiary/aromatic N) is 2. The van der Waals surface area contributed by atoms with Crippen LogP contribution in [0.5, 0.6) is 11.5 Å². The number of esters is 2. The second-order valence-electron chi connectivity index (χ2n) is 18.7. The second kappa shape index (κ2) is 19.5. The van der Waals surface area contributed by atoms with E-state index in [0.717, 1.165) is 25.3 Å². The maximum absolute atomic E-state index is 12.8. The highest BCUT2D eigenvalue weighted by Crippen LogP contribution is 2.57. The zero-order valence-electron chi connectivity index (χ0n) is 35.7. The fourth-order valence-corrected chi connectivity index (χ4v) is 11.8. The van der Waals surface area contributed by atoms with Crippen molar-refractivity contribution >= 4 is 55.1 Å². The molecule has 4 fully saturated rings. The number of fused-ring (bicyclic) bond motifs is 2. The average molecular weight is 864 g/mol. The van der Waals surface area contributed by atoms with Gasteiger partial charge in [0, 0.05) is 29.8 Å². The summed E-state index contributed by atoms with van der Waals surface area (Å²) in [5.74, 6) is 1.85. The van der Waals surface area contributed by atoms with Gasteiger partial charge in [0.05, 0.1) is 0 Å². The fourth-order valence-electron chi connectivity index (χ4n) is 11.8. The Labute approximate surface area is 365 Å². The van der Waals surface area contributed by atoms with Gasteiger partial charge in [-0.1, -0.05) is 65.5 Å². The molecular formula is C46H69Cl3N4O5. The first-order valence-electron chi connectivity index (χ1n) is 21.4. The van der Waals surface area contributed by atoms with E-state index in [0.29, 0.717) is 29.5 Å². The molecule has 12 heteroatoms. The summed E-state index contributed by atoms with van der Waals surface area (Å²) in [5, 5.41) is 2.73. The number of halogens is 3. The molecule has 2 heterocycles. The Bertz CT molecular complexity index is 1780. The smallest absolute Gasteiger partial charge is 0.334 e. The summed E-state index contributed by atoms with van der Waals surface area (Å²) in [6.45, 7) is 11.5. The number of nitrogens with two attached hydrogens (primary N) is 1. The van der Waals surface area contributed by atoms with Crippen molar-refractivity contribution < 1.29 is 23.9 Å². The third-order valence-electron chi connectivity index (χ3n) is 14.9. The number of amides is 1. The van der Waals surface area contributed by atoms with Gasteiger partial charge in [0.15, 0.2) is 0 Å². The first-order chi connectivity index (χ1) is 26.2. The van der Waals surface area contributed by atoms with Crippen LogP contribution >= 0.6 is 37.2 Å². The van der Waals surface area contributed by atoms with E-state index in [2.05, 4.69) is 53.5 Å². The van der Waals surface area contributed by atoms with Crippen LogP contribution in [-0.2, 0) is 38.1 Å². The number of benzene rings is 2. The first kappa shape index (κ1) is 48.3. The molecule has 4 bridgehead atoms. The molecule has 2 saturated heterocycles. The van der Waals surface area contributed by atoms with Gasteiger partial charge in [-0.15, -0.1) is 37.2 Å². The lowest BCUT2D eigenvalue weighted by Crippen LogP contribution is -2.59. The van der Waals surface area contributed by atoms with Crippen LogP contribution in [0.4, 0.5) is 0 Å². The molecule has 1 amide bonds. The molecule has 8 atom stereocenters. The predicted octanol–water partition coefficient (Wildman–Crippen LogP) is 7.97. The van der Waals surface area contributed by atoms with Gasteiger partial charge in [0.1, 0.15) is 23.6 Å². The number of likely N-dealkylation sites (N-methyl/N-ethyl adjacent to an activating group) is 2. The lowest BCUT2D eigenvalue weighted by molar-refractivity contribution is -0.140. The largest absolute Gasteiger partial charge is 0.425 e. The van der Waals surface area contributed by atoms with Crippen molar-refractivity contribution in [1.82, 2.24) is 15.1 Å². The Balaban J connectivity index is 0.000000245. The van der Waals surface area contributed by atoms with Gasteiger partial charge in [-0.3, -0.25) is 4.79 Å². The Kier molecular flexibility index (Phi) is 16.3. The summed E-state index contributed by atoms with van der Waals surface area (Å²) in [7, 11) is 4.57. The van der Waals surface area contributed by atoms with E-state index in [9.17, 15) is 14.4 Å². The van der Waals surface area contributed by atoms with E-state index in [4.69, 9.17) is 15.2 Å². The molecule has 2 saturated carbocycles. The minimum absolute atomic E-state index is 0. The summed E-state index contributed by atoms with van der Waals surface area (Å²) in [6.07, 6.45) is 15.1. The zero-order chi connectivity index (χ0) is 39.2. The zero-order valence-corrected chi connectivity index (χ0v) is 38.2. The third-order valence-corrected chi connectivity index (χ3v) is 14.9. The van der Waals surface area contributed by atoms with Gasteiger partial charge in [-0.05, 0) is 149 Å². The van der Waals surface area contributed by atoms with E-state index in [1.54, 1.807) is 0 Å². The van der Waals surface area contributed by atoms with Crippen LogP contribution in [0.2, 0.25) is 0 Å². The van der Waals surface area contributed by atoms with Crippen molar-refractivity contribution in [2.45, 2.75) is 147 Å². The Morgan fingerprint density at radius 3 is 1.55 bits per heavy atom. The minimum Gasteiger partial charge on any atom is -0.425 e. The van der Waals surface area contributed by atoms with E-state index < -0.39 is 12.1 Å². The molecule has 8 rings (SSSR count). The van der Waals surface area contributed by atoms with E-state index in [1.807, 2.05) is 39.8 Å². The van der Waals surface area contributed by atoms with Crippen molar-refractivity contribution in [2.24, 2.45) is 29.4 Å². The third kappa shape index (κ3) is 9.11. The molecule has 3 N–H and O–H groups in total. The van der Waals surface area contributed by atoms with Gasteiger partial charge in [-0.2, -0.15) is 0 Å². The summed E-state index contributed by atoms with van der Waals surface area (Å²) < 4.78 is 11.4. The Morgan fingerprint density at radius 1 is 0.690 bits per heavy atom. The summed E-state index contributed by atoms with van der Waals surface area (Å²) >= 11 is 0. The SMILES string of the molecule is CC(=O)NC(C(=O)Oc1ccc2c(c1)[C@@]13CCCC[C@H]1[C@@H](C2)N(C)CC3)C(C)C.CC(C)C(N)C(=O)Oc1ccc2c(c1)[C@@]13CCCC[C@H]1[C@@H](C2)N(C)CC3.Cl.Cl.Cl. The van der Waals surface area contributed by atoms with Gasteiger partial charge in [0.2, 0.25) is 5.91 Å². The number of piperidine rings is 2. The molecule has 58 heavy (non-hydrogen) atoms. The molecule has 0 aromatic heterocycles. The number of ether oxygens (including phenoxy) is 2. The molecule has 9 nitrogen and oxygen atoms in total. The topological polar surface area (TPSA) is 114 Å². The number of hydrogen-bond acceptors (Lipinski definition) is 8. The van der Waals surface area contributed by atoms with Crippen LogP contribution in [0.3, 0.4) is 0 Å². The average Bonchev–Trinajstić information content (AvgIpc) is 3.16. The van der Waals surface area contributed by atoms with Crippen LogP contribution in [0.15, 0.2) is 36.4 Å². The summed E-state index contributed by atoms with van der Waals surface area (Å²) in [6, 6.07) is 12.7. The molecule has 0 spiro atoms. The molecule has 6 aliphatic rings. The van der Waals surface area contributed by atoms with Crippen LogP contribution in [0.25, 0.3) is 0 Å². The molecule has 2 unspecified atom stereocenters. The first-order valence-corrected chi connectivity index (χ1v) is 21.4.